The van der Waals surface area contributed by atoms with E-state index in [1.165, 1.54) is 6.26 Å². The molecule has 0 saturated heterocycles. The lowest BCUT2D eigenvalue weighted by Gasteiger charge is -2.27. The topological polar surface area (TPSA) is 71.3 Å². The van der Waals surface area contributed by atoms with Crippen LogP contribution in [0, 0.1) is 0 Å². The van der Waals surface area contributed by atoms with E-state index in [1.54, 1.807) is 12.1 Å². The first kappa shape index (κ1) is 13.4. The lowest BCUT2D eigenvalue weighted by Crippen LogP contribution is -2.52. The van der Waals surface area contributed by atoms with Crippen LogP contribution in [0.4, 0.5) is 0 Å². The second kappa shape index (κ2) is 5.63. The van der Waals surface area contributed by atoms with Crippen LogP contribution in [0.25, 0.3) is 0 Å². The lowest BCUT2D eigenvalue weighted by atomic mass is 10.1. The van der Waals surface area contributed by atoms with E-state index in [9.17, 15) is 9.59 Å². The van der Waals surface area contributed by atoms with Crippen LogP contribution in [0.15, 0.2) is 22.8 Å². The molecule has 17 heavy (non-hydrogen) atoms. The average molecular weight is 238 g/mol. The van der Waals surface area contributed by atoms with Crippen LogP contribution in [-0.4, -0.2) is 23.9 Å². The molecule has 5 heteroatoms. The van der Waals surface area contributed by atoms with E-state index >= 15 is 0 Å². The SMILES string of the molecule is CC(C)(C)NC(CC=O)NC(=O)c1ccco1. The summed E-state index contributed by atoms with van der Waals surface area (Å²) < 4.78 is 4.98. The zero-order valence-electron chi connectivity index (χ0n) is 10.3. The molecule has 1 amide bonds. The predicted octanol–water partition coefficient (Wildman–Crippen LogP) is 1.31. The summed E-state index contributed by atoms with van der Waals surface area (Å²) in [6, 6.07) is 3.21. The Balaban J connectivity index is 2.60. The molecular formula is C12H18N2O3. The molecule has 5 nitrogen and oxygen atoms in total. The molecule has 0 spiro atoms. The Bertz CT molecular complexity index is 366. The highest BCUT2D eigenvalue weighted by Crippen LogP contribution is 2.04. The van der Waals surface area contributed by atoms with Crippen molar-refractivity contribution in [1.29, 1.82) is 0 Å². The molecule has 0 aliphatic heterocycles. The van der Waals surface area contributed by atoms with Crippen molar-refractivity contribution in [2.24, 2.45) is 0 Å². The van der Waals surface area contributed by atoms with E-state index in [2.05, 4.69) is 10.6 Å². The van der Waals surface area contributed by atoms with E-state index in [4.69, 9.17) is 4.42 Å². The molecule has 94 valence electrons. The Hall–Kier alpha value is -1.62. The number of rotatable bonds is 5. The highest BCUT2D eigenvalue weighted by atomic mass is 16.3. The van der Waals surface area contributed by atoms with Crippen LogP contribution < -0.4 is 10.6 Å². The smallest absolute Gasteiger partial charge is 0.288 e. The van der Waals surface area contributed by atoms with Crippen molar-refractivity contribution < 1.29 is 14.0 Å². The maximum Gasteiger partial charge on any atom is 0.288 e. The maximum absolute atomic E-state index is 11.7. The Kier molecular flexibility index (Phi) is 4.45. The number of hydrogen-bond acceptors (Lipinski definition) is 4. The van der Waals surface area contributed by atoms with Gasteiger partial charge in [-0.1, -0.05) is 0 Å². The first-order valence-corrected chi connectivity index (χ1v) is 5.48. The standard InChI is InChI=1S/C12H18N2O3/c1-12(2,3)14-10(6-7-15)13-11(16)9-5-4-8-17-9/h4-5,7-8,10,14H,6H2,1-3H3,(H,13,16). The van der Waals surface area contributed by atoms with Crippen molar-refractivity contribution in [3.8, 4) is 0 Å². The second-order valence-corrected chi connectivity index (χ2v) is 4.80. The van der Waals surface area contributed by atoms with Crippen LogP contribution in [-0.2, 0) is 4.79 Å². The third kappa shape index (κ3) is 4.82. The van der Waals surface area contributed by atoms with Gasteiger partial charge >= 0.3 is 0 Å². The number of nitrogens with one attached hydrogen (secondary N) is 2. The number of aldehydes is 1. The summed E-state index contributed by atoms with van der Waals surface area (Å²) in [6.45, 7) is 5.89. The number of carbonyl (C=O) groups is 2. The molecule has 2 N–H and O–H groups in total. The van der Waals surface area contributed by atoms with E-state index < -0.39 is 6.17 Å². The van der Waals surface area contributed by atoms with Gasteiger partial charge in [-0.25, -0.2) is 0 Å². The second-order valence-electron chi connectivity index (χ2n) is 4.80. The highest BCUT2D eigenvalue weighted by molar-refractivity contribution is 5.91. The molecule has 0 saturated carbocycles. The lowest BCUT2D eigenvalue weighted by molar-refractivity contribution is -0.108. The molecule has 1 heterocycles. The van der Waals surface area contributed by atoms with Crippen LogP contribution in [0.1, 0.15) is 37.7 Å². The fourth-order valence-corrected chi connectivity index (χ4v) is 1.41. The molecule has 0 fully saturated rings. The minimum atomic E-state index is -0.398. The summed E-state index contributed by atoms with van der Waals surface area (Å²) in [6.07, 6.45) is 2.02. The van der Waals surface area contributed by atoms with Gasteiger partial charge in [0, 0.05) is 12.0 Å². The average Bonchev–Trinajstić information content (AvgIpc) is 2.67. The van der Waals surface area contributed by atoms with Gasteiger partial charge in [-0.15, -0.1) is 0 Å². The molecule has 1 atom stereocenters. The summed E-state index contributed by atoms with van der Waals surface area (Å²) in [4.78, 5) is 22.3. The van der Waals surface area contributed by atoms with Crippen molar-refractivity contribution in [2.45, 2.75) is 38.9 Å². The van der Waals surface area contributed by atoms with E-state index in [1.807, 2.05) is 20.8 Å². The summed E-state index contributed by atoms with van der Waals surface area (Å²) in [5.41, 5.74) is -0.190. The molecular weight excluding hydrogens is 220 g/mol. The summed E-state index contributed by atoms with van der Waals surface area (Å²) >= 11 is 0. The summed E-state index contributed by atoms with van der Waals surface area (Å²) in [5.74, 6) is -0.102. The van der Waals surface area contributed by atoms with Crippen molar-refractivity contribution >= 4 is 12.2 Å². The molecule has 0 aliphatic carbocycles. The largest absolute Gasteiger partial charge is 0.459 e. The summed E-state index contributed by atoms with van der Waals surface area (Å²) in [5, 5.41) is 5.85. The van der Waals surface area contributed by atoms with Crippen molar-refractivity contribution in [1.82, 2.24) is 10.6 Å². The van der Waals surface area contributed by atoms with Gasteiger partial charge in [0.05, 0.1) is 12.4 Å². The quantitative estimate of drug-likeness (QED) is 0.599. The first-order valence-electron chi connectivity index (χ1n) is 5.48. The maximum atomic E-state index is 11.7. The highest BCUT2D eigenvalue weighted by Gasteiger charge is 2.20. The fourth-order valence-electron chi connectivity index (χ4n) is 1.41. The van der Waals surface area contributed by atoms with Crippen LogP contribution >= 0.6 is 0 Å². The molecule has 1 rings (SSSR count). The van der Waals surface area contributed by atoms with Crippen molar-refractivity contribution in [3.63, 3.8) is 0 Å². The van der Waals surface area contributed by atoms with E-state index in [0.29, 0.717) is 0 Å². The van der Waals surface area contributed by atoms with Gasteiger partial charge in [-0.3, -0.25) is 10.1 Å². The van der Waals surface area contributed by atoms with Crippen molar-refractivity contribution in [3.05, 3.63) is 24.2 Å². The summed E-state index contributed by atoms with van der Waals surface area (Å²) in [7, 11) is 0. The van der Waals surface area contributed by atoms with Gasteiger partial charge in [0.25, 0.3) is 5.91 Å². The van der Waals surface area contributed by atoms with Gasteiger partial charge in [0.2, 0.25) is 0 Å². The van der Waals surface area contributed by atoms with Gasteiger partial charge in [0.1, 0.15) is 6.29 Å². The molecule has 1 unspecified atom stereocenters. The Labute approximate surface area is 101 Å². The Morgan fingerprint density at radius 2 is 2.24 bits per heavy atom. The molecule has 1 aromatic rings. The monoisotopic (exact) mass is 238 g/mol. The number of carbonyl (C=O) groups excluding carboxylic acids is 2. The normalized spacial score (nSPS) is 13.1. The molecule has 0 radical (unpaired) electrons. The van der Waals surface area contributed by atoms with Crippen molar-refractivity contribution in [2.75, 3.05) is 0 Å². The Morgan fingerprint density at radius 3 is 2.71 bits per heavy atom. The zero-order valence-corrected chi connectivity index (χ0v) is 10.3. The van der Waals surface area contributed by atoms with E-state index in [-0.39, 0.29) is 23.6 Å². The van der Waals surface area contributed by atoms with E-state index in [0.717, 1.165) is 6.29 Å². The molecule has 0 bridgehead atoms. The van der Waals surface area contributed by atoms with Gasteiger partial charge in [-0.2, -0.15) is 0 Å². The number of hydrogen-bond donors (Lipinski definition) is 2. The Morgan fingerprint density at radius 1 is 1.53 bits per heavy atom. The van der Waals surface area contributed by atoms with Crippen LogP contribution in [0.3, 0.4) is 0 Å². The predicted molar refractivity (Wildman–Crippen MR) is 63.5 cm³/mol. The number of furan rings is 1. The van der Waals surface area contributed by atoms with Crippen LogP contribution in [0.2, 0.25) is 0 Å². The van der Waals surface area contributed by atoms with Gasteiger partial charge in [-0.05, 0) is 32.9 Å². The van der Waals surface area contributed by atoms with Gasteiger partial charge < -0.3 is 14.5 Å². The van der Waals surface area contributed by atoms with Gasteiger partial charge in [0.15, 0.2) is 5.76 Å². The third-order valence-corrected chi connectivity index (χ3v) is 1.99. The molecule has 0 aromatic carbocycles. The zero-order chi connectivity index (χ0) is 12.9. The molecule has 0 aliphatic rings. The minimum absolute atomic E-state index is 0.190. The number of amides is 1. The third-order valence-electron chi connectivity index (χ3n) is 1.99. The minimum Gasteiger partial charge on any atom is -0.459 e. The van der Waals surface area contributed by atoms with Crippen LogP contribution in [0.5, 0.6) is 0 Å². The molecule has 1 aromatic heterocycles. The fraction of sp³-hybridized carbons (Fsp3) is 0.500. The first-order chi connectivity index (χ1) is 7.92.